The summed E-state index contributed by atoms with van der Waals surface area (Å²) in [6, 6.07) is 4.56. The summed E-state index contributed by atoms with van der Waals surface area (Å²) in [5, 5.41) is 13.4. The van der Waals surface area contributed by atoms with Gasteiger partial charge in [-0.15, -0.1) is 0 Å². The van der Waals surface area contributed by atoms with E-state index in [0.29, 0.717) is 16.3 Å². The smallest absolute Gasteiger partial charge is 0.349 e. The van der Waals surface area contributed by atoms with E-state index in [1.54, 1.807) is 6.07 Å². The van der Waals surface area contributed by atoms with Crippen molar-refractivity contribution in [2.75, 3.05) is 6.61 Å². The molecule has 2 aromatic rings. The first-order valence-electron chi connectivity index (χ1n) is 4.93. The van der Waals surface area contributed by atoms with E-state index in [-0.39, 0.29) is 6.61 Å². The van der Waals surface area contributed by atoms with Crippen LogP contribution in [0.4, 0.5) is 0 Å². The van der Waals surface area contributed by atoms with Crippen LogP contribution in [0.1, 0.15) is 5.56 Å². The number of H-pyrrole nitrogens is 2. The number of halogens is 1. The molecule has 0 amide bonds. The third-order valence-electron chi connectivity index (χ3n) is 2.18. The van der Waals surface area contributed by atoms with E-state index in [9.17, 15) is 9.59 Å². The Morgan fingerprint density at radius 2 is 1.94 bits per heavy atom. The lowest BCUT2D eigenvalue weighted by atomic mass is 10.2. The lowest BCUT2D eigenvalue weighted by molar-refractivity contribution is 0.350. The van der Waals surface area contributed by atoms with Crippen molar-refractivity contribution >= 4 is 11.6 Å². The third kappa shape index (κ3) is 2.22. The van der Waals surface area contributed by atoms with Gasteiger partial charge in [-0.3, -0.25) is 0 Å². The highest BCUT2D eigenvalue weighted by Crippen LogP contribution is 2.16. The van der Waals surface area contributed by atoms with Gasteiger partial charge in [0, 0.05) is 5.02 Å². The van der Waals surface area contributed by atoms with Crippen LogP contribution < -0.4 is 11.4 Å². The minimum Gasteiger partial charge on any atom is -0.384 e. The maximum Gasteiger partial charge on any atom is 0.349 e. The van der Waals surface area contributed by atoms with Crippen LogP contribution in [0.5, 0.6) is 0 Å². The van der Waals surface area contributed by atoms with Crippen LogP contribution in [0.15, 0.2) is 27.8 Å². The number of rotatable bonds is 1. The standard InChI is InChI=1S/C11H8ClN3O3/c12-8-3-4-9(7(6-8)2-1-5-16)15-10(17)13-14-11(15)18/h3-4,6,16H,5H2,(H,13,17)(H,14,18). The summed E-state index contributed by atoms with van der Waals surface area (Å²) in [4.78, 5) is 23.0. The van der Waals surface area contributed by atoms with Gasteiger partial charge in [0.1, 0.15) is 6.61 Å². The van der Waals surface area contributed by atoms with Gasteiger partial charge >= 0.3 is 11.4 Å². The van der Waals surface area contributed by atoms with Crippen molar-refractivity contribution in [3.8, 4) is 17.5 Å². The number of aromatic amines is 2. The highest BCUT2D eigenvalue weighted by molar-refractivity contribution is 6.30. The van der Waals surface area contributed by atoms with Crippen molar-refractivity contribution in [2.24, 2.45) is 0 Å². The highest BCUT2D eigenvalue weighted by Gasteiger charge is 2.10. The van der Waals surface area contributed by atoms with Gasteiger partial charge in [0.25, 0.3) is 0 Å². The summed E-state index contributed by atoms with van der Waals surface area (Å²) in [5.41, 5.74) is -0.527. The number of nitrogens with one attached hydrogen (secondary N) is 2. The molecule has 1 aromatic heterocycles. The molecule has 18 heavy (non-hydrogen) atoms. The molecule has 0 atom stereocenters. The van der Waals surface area contributed by atoms with E-state index in [2.05, 4.69) is 22.0 Å². The highest BCUT2D eigenvalue weighted by atomic mass is 35.5. The van der Waals surface area contributed by atoms with Gasteiger partial charge in [-0.1, -0.05) is 23.4 Å². The van der Waals surface area contributed by atoms with Gasteiger partial charge in [0.05, 0.1) is 11.3 Å². The van der Waals surface area contributed by atoms with Crippen LogP contribution in [0.2, 0.25) is 5.02 Å². The van der Waals surface area contributed by atoms with Gasteiger partial charge in [-0.05, 0) is 18.2 Å². The second kappa shape index (κ2) is 4.96. The minimum absolute atomic E-state index is 0.299. The lowest BCUT2D eigenvalue weighted by Crippen LogP contribution is -2.25. The summed E-state index contributed by atoms with van der Waals surface area (Å²) in [6.45, 7) is -0.329. The summed E-state index contributed by atoms with van der Waals surface area (Å²) < 4.78 is 0.901. The van der Waals surface area contributed by atoms with Crippen LogP contribution in [-0.2, 0) is 0 Å². The van der Waals surface area contributed by atoms with Gasteiger partial charge in [0.15, 0.2) is 0 Å². The van der Waals surface area contributed by atoms with E-state index < -0.39 is 11.4 Å². The summed E-state index contributed by atoms with van der Waals surface area (Å²) in [5.74, 6) is 5.08. The van der Waals surface area contributed by atoms with E-state index >= 15 is 0 Å². The quantitative estimate of drug-likeness (QED) is 0.627. The molecule has 2 rings (SSSR count). The summed E-state index contributed by atoms with van der Waals surface area (Å²) >= 11 is 5.83. The Kier molecular flexibility index (Phi) is 3.37. The predicted octanol–water partition coefficient (Wildman–Crippen LogP) is -0.149. The average Bonchev–Trinajstić information content (AvgIpc) is 2.67. The molecule has 0 saturated heterocycles. The minimum atomic E-state index is -0.602. The molecular formula is C11H8ClN3O3. The molecule has 0 aliphatic carbocycles. The fraction of sp³-hybridized carbons (Fsp3) is 0.0909. The molecule has 0 unspecified atom stereocenters. The number of aromatic nitrogens is 3. The average molecular weight is 266 g/mol. The fourth-order valence-electron chi connectivity index (χ4n) is 1.47. The Hall–Kier alpha value is -2.23. The molecule has 0 saturated carbocycles. The predicted molar refractivity (Wildman–Crippen MR) is 66.0 cm³/mol. The number of benzene rings is 1. The molecule has 0 spiro atoms. The molecule has 0 bridgehead atoms. The monoisotopic (exact) mass is 265 g/mol. The van der Waals surface area contributed by atoms with Gasteiger partial charge in [-0.2, -0.15) is 0 Å². The first kappa shape index (κ1) is 12.2. The zero-order valence-corrected chi connectivity index (χ0v) is 9.78. The van der Waals surface area contributed by atoms with E-state index in [4.69, 9.17) is 16.7 Å². The van der Waals surface area contributed by atoms with E-state index in [0.717, 1.165) is 4.57 Å². The molecule has 1 heterocycles. The number of hydrogen-bond acceptors (Lipinski definition) is 3. The van der Waals surface area contributed by atoms with Crippen LogP contribution in [-0.4, -0.2) is 26.5 Å². The van der Waals surface area contributed by atoms with Gasteiger partial charge < -0.3 is 5.11 Å². The first-order chi connectivity index (χ1) is 8.63. The number of hydrogen-bond donors (Lipinski definition) is 3. The van der Waals surface area contributed by atoms with Crippen molar-refractivity contribution in [3.63, 3.8) is 0 Å². The van der Waals surface area contributed by atoms with Crippen molar-refractivity contribution in [2.45, 2.75) is 0 Å². The summed E-state index contributed by atoms with van der Waals surface area (Å²) in [6.07, 6.45) is 0. The number of aliphatic hydroxyl groups excluding tert-OH is 1. The Labute approximate surface area is 106 Å². The number of nitrogens with zero attached hydrogens (tertiary/aromatic N) is 1. The molecular weight excluding hydrogens is 258 g/mol. The topological polar surface area (TPSA) is 90.9 Å². The zero-order valence-electron chi connectivity index (χ0n) is 9.03. The number of aliphatic hydroxyl groups is 1. The molecule has 6 nitrogen and oxygen atoms in total. The van der Waals surface area contributed by atoms with Gasteiger partial charge in [0.2, 0.25) is 0 Å². The maximum absolute atomic E-state index is 11.5. The lowest BCUT2D eigenvalue weighted by Gasteiger charge is -2.03. The van der Waals surface area contributed by atoms with Crippen LogP contribution in [0, 0.1) is 11.8 Å². The molecule has 0 aliphatic rings. The molecule has 3 N–H and O–H groups in total. The Bertz CT molecular complexity index is 718. The molecule has 0 radical (unpaired) electrons. The molecule has 92 valence electrons. The first-order valence-corrected chi connectivity index (χ1v) is 5.30. The van der Waals surface area contributed by atoms with Crippen molar-refractivity contribution in [1.82, 2.24) is 14.8 Å². The second-order valence-corrected chi connectivity index (χ2v) is 3.75. The maximum atomic E-state index is 11.5. The Morgan fingerprint density at radius 1 is 1.28 bits per heavy atom. The zero-order chi connectivity index (χ0) is 13.1. The van der Waals surface area contributed by atoms with Crippen LogP contribution >= 0.6 is 11.6 Å². The second-order valence-electron chi connectivity index (χ2n) is 3.32. The largest absolute Gasteiger partial charge is 0.384 e. The fourth-order valence-corrected chi connectivity index (χ4v) is 1.64. The molecule has 1 aromatic carbocycles. The normalized spacial score (nSPS) is 9.89. The van der Waals surface area contributed by atoms with Gasteiger partial charge in [-0.25, -0.2) is 24.4 Å². The van der Waals surface area contributed by atoms with Crippen molar-refractivity contribution in [3.05, 3.63) is 49.8 Å². The van der Waals surface area contributed by atoms with E-state index in [1.165, 1.54) is 12.1 Å². The van der Waals surface area contributed by atoms with Crippen LogP contribution in [0.25, 0.3) is 5.69 Å². The van der Waals surface area contributed by atoms with Crippen molar-refractivity contribution < 1.29 is 5.11 Å². The van der Waals surface area contributed by atoms with E-state index in [1.807, 2.05) is 0 Å². The third-order valence-corrected chi connectivity index (χ3v) is 2.42. The van der Waals surface area contributed by atoms with Crippen molar-refractivity contribution in [1.29, 1.82) is 0 Å². The molecule has 7 heteroatoms. The Balaban J connectivity index is 2.72. The SMILES string of the molecule is O=c1[nH][nH]c(=O)n1-c1ccc(Cl)cc1C#CCO. The Morgan fingerprint density at radius 3 is 2.56 bits per heavy atom. The molecule has 0 fully saturated rings. The molecule has 0 aliphatic heterocycles. The summed E-state index contributed by atoms with van der Waals surface area (Å²) in [7, 11) is 0. The van der Waals surface area contributed by atoms with Crippen LogP contribution in [0.3, 0.4) is 0 Å².